The van der Waals surface area contributed by atoms with Gasteiger partial charge < -0.3 is 10.5 Å². The standard InChI is InChI=1S/C15H14Cl2FNO/c1-9(19)11-3-5-15(14(18)7-11)20-8-10-2-4-12(16)13(17)6-10/h2-7,9H,8,19H2,1H3/t9-/m1/s1. The number of hydrogen-bond acceptors (Lipinski definition) is 2. The molecule has 2 N–H and O–H groups in total. The smallest absolute Gasteiger partial charge is 0.165 e. The van der Waals surface area contributed by atoms with Gasteiger partial charge in [-0.25, -0.2) is 4.39 Å². The summed E-state index contributed by atoms with van der Waals surface area (Å²) in [6.45, 7) is 2.01. The first kappa shape index (κ1) is 15.1. The van der Waals surface area contributed by atoms with E-state index in [-0.39, 0.29) is 18.4 Å². The average molecular weight is 314 g/mol. The lowest BCUT2D eigenvalue weighted by molar-refractivity contribution is 0.290. The van der Waals surface area contributed by atoms with Crippen LogP contribution in [0.25, 0.3) is 0 Å². The molecular formula is C15H14Cl2FNO. The van der Waals surface area contributed by atoms with Gasteiger partial charge in [-0.15, -0.1) is 0 Å². The summed E-state index contributed by atoms with van der Waals surface area (Å²) < 4.78 is 19.3. The van der Waals surface area contributed by atoms with Crippen LogP contribution in [0, 0.1) is 5.82 Å². The highest BCUT2D eigenvalue weighted by Crippen LogP contribution is 2.25. The van der Waals surface area contributed by atoms with Crippen LogP contribution < -0.4 is 10.5 Å². The first-order valence-electron chi connectivity index (χ1n) is 6.09. The lowest BCUT2D eigenvalue weighted by atomic mass is 10.1. The fraction of sp³-hybridized carbons (Fsp3) is 0.200. The van der Waals surface area contributed by atoms with E-state index in [0.29, 0.717) is 10.0 Å². The Bertz CT molecular complexity index is 617. The molecule has 0 saturated heterocycles. The third-order valence-corrected chi connectivity index (χ3v) is 3.60. The highest BCUT2D eigenvalue weighted by Gasteiger charge is 2.08. The van der Waals surface area contributed by atoms with Crippen LogP contribution in [0.1, 0.15) is 24.1 Å². The van der Waals surface area contributed by atoms with Crippen LogP contribution in [0.4, 0.5) is 4.39 Å². The van der Waals surface area contributed by atoms with Crippen molar-refractivity contribution in [3.05, 3.63) is 63.4 Å². The van der Waals surface area contributed by atoms with E-state index < -0.39 is 5.82 Å². The highest BCUT2D eigenvalue weighted by molar-refractivity contribution is 6.42. The van der Waals surface area contributed by atoms with Gasteiger partial charge in [0.05, 0.1) is 10.0 Å². The first-order valence-corrected chi connectivity index (χ1v) is 6.84. The zero-order chi connectivity index (χ0) is 14.7. The van der Waals surface area contributed by atoms with Crippen LogP contribution in [0.15, 0.2) is 36.4 Å². The number of hydrogen-bond donors (Lipinski definition) is 1. The number of nitrogens with two attached hydrogens (primary N) is 1. The minimum absolute atomic E-state index is 0.181. The molecule has 0 unspecified atom stereocenters. The van der Waals surface area contributed by atoms with Gasteiger partial charge >= 0.3 is 0 Å². The quantitative estimate of drug-likeness (QED) is 0.885. The molecule has 0 bridgehead atoms. The molecule has 0 heterocycles. The van der Waals surface area contributed by atoms with E-state index in [1.165, 1.54) is 6.07 Å². The summed E-state index contributed by atoms with van der Waals surface area (Å²) in [7, 11) is 0. The molecule has 5 heteroatoms. The third-order valence-electron chi connectivity index (χ3n) is 2.86. The molecule has 0 spiro atoms. The monoisotopic (exact) mass is 313 g/mol. The van der Waals surface area contributed by atoms with Crippen LogP contribution in [0.5, 0.6) is 5.75 Å². The van der Waals surface area contributed by atoms with Crippen molar-refractivity contribution in [1.82, 2.24) is 0 Å². The Kier molecular flexibility index (Phi) is 4.86. The van der Waals surface area contributed by atoms with E-state index in [1.807, 2.05) is 0 Å². The summed E-state index contributed by atoms with van der Waals surface area (Å²) >= 11 is 11.7. The topological polar surface area (TPSA) is 35.2 Å². The van der Waals surface area contributed by atoms with Crippen molar-refractivity contribution in [2.75, 3.05) is 0 Å². The molecule has 2 aromatic rings. The summed E-state index contributed by atoms with van der Waals surface area (Å²) in [5.74, 6) is -0.250. The number of rotatable bonds is 4. The van der Waals surface area contributed by atoms with Crippen LogP contribution in [0.2, 0.25) is 10.0 Å². The normalized spacial score (nSPS) is 12.2. The molecule has 0 amide bonds. The van der Waals surface area contributed by atoms with Gasteiger partial charge in [-0.2, -0.15) is 0 Å². The summed E-state index contributed by atoms with van der Waals surface area (Å²) in [5, 5.41) is 0.920. The molecule has 106 valence electrons. The number of halogens is 3. The molecule has 0 aliphatic heterocycles. The van der Waals surface area contributed by atoms with Crippen LogP contribution in [-0.4, -0.2) is 0 Å². The van der Waals surface area contributed by atoms with Gasteiger partial charge in [-0.05, 0) is 42.3 Å². The molecule has 0 aliphatic carbocycles. The summed E-state index contributed by atoms with van der Waals surface area (Å²) in [6, 6.07) is 9.64. The Hall–Kier alpha value is -1.29. The lowest BCUT2D eigenvalue weighted by Gasteiger charge is -2.11. The van der Waals surface area contributed by atoms with Crippen molar-refractivity contribution in [3.8, 4) is 5.75 Å². The first-order chi connectivity index (χ1) is 9.47. The maximum Gasteiger partial charge on any atom is 0.165 e. The van der Waals surface area contributed by atoms with Crippen LogP contribution in [0.3, 0.4) is 0 Å². The van der Waals surface area contributed by atoms with E-state index >= 15 is 0 Å². The molecule has 2 aromatic carbocycles. The van der Waals surface area contributed by atoms with Gasteiger partial charge in [0.2, 0.25) is 0 Å². The fourth-order valence-electron chi connectivity index (χ4n) is 1.71. The maximum atomic E-state index is 13.8. The predicted molar refractivity (Wildman–Crippen MR) is 79.8 cm³/mol. The fourth-order valence-corrected chi connectivity index (χ4v) is 2.03. The molecule has 0 aromatic heterocycles. The lowest BCUT2D eigenvalue weighted by Crippen LogP contribution is -2.06. The predicted octanol–water partition coefficient (Wildman–Crippen LogP) is 4.73. The zero-order valence-corrected chi connectivity index (χ0v) is 12.4. The van der Waals surface area contributed by atoms with Gasteiger partial charge in [-0.3, -0.25) is 0 Å². The zero-order valence-electron chi connectivity index (χ0n) is 10.9. The van der Waals surface area contributed by atoms with E-state index in [0.717, 1.165) is 11.1 Å². The van der Waals surface area contributed by atoms with E-state index in [4.69, 9.17) is 33.7 Å². The van der Waals surface area contributed by atoms with E-state index in [9.17, 15) is 4.39 Å². The third kappa shape index (κ3) is 3.63. The molecule has 2 rings (SSSR count). The van der Waals surface area contributed by atoms with E-state index in [2.05, 4.69) is 0 Å². The second-order valence-electron chi connectivity index (χ2n) is 4.52. The van der Waals surface area contributed by atoms with Gasteiger partial charge in [0.1, 0.15) is 6.61 Å². The Labute approximate surface area is 127 Å². The Balaban J connectivity index is 2.09. The van der Waals surface area contributed by atoms with Crippen molar-refractivity contribution in [1.29, 1.82) is 0 Å². The van der Waals surface area contributed by atoms with Crippen LogP contribution in [-0.2, 0) is 6.61 Å². The molecule has 0 radical (unpaired) electrons. The largest absolute Gasteiger partial charge is 0.486 e. The summed E-state index contributed by atoms with van der Waals surface area (Å²) in [5.41, 5.74) is 7.24. The molecule has 2 nitrogen and oxygen atoms in total. The summed E-state index contributed by atoms with van der Waals surface area (Å²) in [6.07, 6.45) is 0. The number of benzene rings is 2. The SMILES string of the molecule is C[C@@H](N)c1ccc(OCc2ccc(Cl)c(Cl)c2)c(F)c1. The van der Waals surface area contributed by atoms with Gasteiger partial charge in [0.25, 0.3) is 0 Å². The van der Waals surface area contributed by atoms with Crippen molar-refractivity contribution in [2.45, 2.75) is 19.6 Å². The molecule has 0 fully saturated rings. The van der Waals surface area contributed by atoms with Gasteiger partial charge in [-0.1, -0.05) is 35.3 Å². The van der Waals surface area contributed by atoms with Crippen molar-refractivity contribution >= 4 is 23.2 Å². The molecule has 0 aliphatic rings. The van der Waals surface area contributed by atoms with Crippen molar-refractivity contribution in [3.63, 3.8) is 0 Å². The van der Waals surface area contributed by atoms with E-state index in [1.54, 1.807) is 37.3 Å². The van der Waals surface area contributed by atoms with Crippen LogP contribution >= 0.6 is 23.2 Å². The minimum atomic E-state index is -0.431. The van der Waals surface area contributed by atoms with Crippen molar-refractivity contribution in [2.24, 2.45) is 5.73 Å². The summed E-state index contributed by atoms with van der Waals surface area (Å²) in [4.78, 5) is 0. The molecule has 20 heavy (non-hydrogen) atoms. The minimum Gasteiger partial charge on any atom is -0.486 e. The Morgan fingerprint density at radius 3 is 2.50 bits per heavy atom. The van der Waals surface area contributed by atoms with Crippen molar-refractivity contribution < 1.29 is 9.13 Å². The average Bonchev–Trinajstić information content (AvgIpc) is 2.41. The molecule has 1 atom stereocenters. The maximum absolute atomic E-state index is 13.8. The Morgan fingerprint density at radius 2 is 1.90 bits per heavy atom. The number of ether oxygens (including phenoxy) is 1. The second kappa shape index (κ2) is 6.44. The second-order valence-corrected chi connectivity index (χ2v) is 5.33. The molecular weight excluding hydrogens is 300 g/mol. The Morgan fingerprint density at radius 1 is 1.15 bits per heavy atom. The van der Waals surface area contributed by atoms with Gasteiger partial charge in [0, 0.05) is 6.04 Å². The van der Waals surface area contributed by atoms with Gasteiger partial charge in [0.15, 0.2) is 11.6 Å². The molecule has 0 saturated carbocycles. The highest BCUT2D eigenvalue weighted by atomic mass is 35.5.